The molecule has 0 spiro atoms. The summed E-state index contributed by atoms with van der Waals surface area (Å²) >= 11 is 0. The van der Waals surface area contributed by atoms with Crippen LogP contribution in [0.4, 0.5) is 0 Å². The van der Waals surface area contributed by atoms with Gasteiger partial charge in [0.2, 0.25) is 0 Å². The second-order valence-electron chi connectivity index (χ2n) is 3.99. The van der Waals surface area contributed by atoms with E-state index >= 15 is 0 Å². The van der Waals surface area contributed by atoms with Crippen LogP contribution in [0.1, 0.15) is 17.4 Å². The highest BCUT2D eigenvalue weighted by atomic mass is 16.3. The van der Waals surface area contributed by atoms with E-state index in [9.17, 15) is 9.90 Å². The third kappa shape index (κ3) is 1.45. The van der Waals surface area contributed by atoms with E-state index in [1.54, 1.807) is 18.3 Å². The molecule has 0 amide bonds. The fourth-order valence-corrected chi connectivity index (χ4v) is 1.92. The Balaban J connectivity index is 2.45. The number of ketones is 1. The van der Waals surface area contributed by atoms with Gasteiger partial charge in [-0.05, 0) is 29.7 Å². The fourth-order valence-electron chi connectivity index (χ4n) is 1.92. The van der Waals surface area contributed by atoms with Gasteiger partial charge in [-0.15, -0.1) is 0 Å². The number of nitrogens with zero attached hydrogens (tertiary/aromatic N) is 2. The molecule has 0 aliphatic rings. The zero-order valence-electron chi connectivity index (χ0n) is 9.21. The standard InChI is InChI=1S/C13H10N2O2/c1-8(16)11-7-15-12-6-10(17)4-2-9(12)3-5-13(15)14-11/h2-7,17H,1H3. The van der Waals surface area contributed by atoms with Crippen molar-refractivity contribution in [1.29, 1.82) is 0 Å². The number of rotatable bonds is 1. The molecule has 0 radical (unpaired) electrons. The van der Waals surface area contributed by atoms with Gasteiger partial charge >= 0.3 is 0 Å². The molecule has 0 atom stereocenters. The average molecular weight is 226 g/mol. The Hall–Kier alpha value is -2.36. The molecule has 1 N–H and O–H groups in total. The first-order valence-electron chi connectivity index (χ1n) is 5.27. The molecule has 0 aliphatic carbocycles. The molecule has 4 heteroatoms. The minimum absolute atomic E-state index is 0.0676. The highest BCUT2D eigenvalue weighted by Crippen LogP contribution is 2.21. The predicted octanol–water partition coefficient (Wildman–Crippen LogP) is 2.40. The van der Waals surface area contributed by atoms with Gasteiger partial charge in [0, 0.05) is 19.2 Å². The number of benzene rings is 1. The summed E-state index contributed by atoms with van der Waals surface area (Å²) in [7, 11) is 0. The number of phenols is 1. The summed E-state index contributed by atoms with van der Waals surface area (Å²) in [5, 5.41) is 10.5. The third-order valence-corrected chi connectivity index (χ3v) is 2.78. The van der Waals surface area contributed by atoms with Gasteiger partial charge < -0.3 is 5.11 Å². The summed E-state index contributed by atoms with van der Waals surface area (Å²) in [6.45, 7) is 1.49. The van der Waals surface area contributed by atoms with Crippen molar-refractivity contribution in [2.45, 2.75) is 6.92 Å². The van der Waals surface area contributed by atoms with E-state index < -0.39 is 0 Å². The molecule has 0 bridgehead atoms. The third-order valence-electron chi connectivity index (χ3n) is 2.78. The van der Waals surface area contributed by atoms with Gasteiger partial charge in [0.25, 0.3) is 0 Å². The summed E-state index contributed by atoms with van der Waals surface area (Å²) in [5.74, 6) is 0.130. The second kappa shape index (κ2) is 3.31. The van der Waals surface area contributed by atoms with Gasteiger partial charge in [-0.2, -0.15) is 0 Å². The Morgan fingerprint density at radius 3 is 2.82 bits per heavy atom. The maximum absolute atomic E-state index is 11.3. The van der Waals surface area contributed by atoms with Crippen LogP contribution in [0.5, 0.6) is 5.75 Å². The van der Waals surface area contributed by atoms with Crippen molar-refractivity contribution in [3.05, 3.63) is 42.2 Å². The highest BCUT2D eigenvalue weighted by molar-refractivity contribution is 5.93. The number of imidazole rings is 1. The predicted molar refractivity (Wildman–Crippen MR) is 64.4 cm³/mol. The zero-order valence-corrected chi connectivity index (χ0v) is 9.21. The molecule has 2 aromatic heterocycles. The summed E-state index contributed by atoms with van der Waals surface area (Å²) in [5.41, 5.74) is 1.97. The lowest BCUT2D eigenvalue weighted by Crippen LogP contribution is -1.90. The first kappa shape index (κ1) is 9.84. The Kier molecular flexibility index (Phi) is 1.92. The van der Waals surface area contributed by atoms with E-state index in [2.05, 4.69) is 4.98 Å². The van der Waals surface area contributed by atoms with Crippen molar-refractivity contribution in [2.75, 3.05) is 0 Å². The van der Waals surface area contributed by atoms with E-state index in [4.69, 9.17) is 0 Å². The van der Waals surface area contributed by atoms with Gasteiger partial charge in [0.1, 0.15) is 17.1 Å². The highest BCUT2D eigenvalue weighted by Gasteiger charge is 2.08. The summed E-state index contributed by atoms with van der Waals surface area (Å²) in [6, 6.07) is 8.90. The Morgan fingerprint density at radius 2 is 2.06 bits per heavy atom. The summed E-state index contributed by atoms with van der Waals surface area (Å²) < 4.78 is 1.81. The summed E-state index contributed by atoms with van der Waals surface area (Å²) in [6.07, 6.45) is 1.69. The molecule has 0 unspecified atom stereocenters. The smallest absolute Gasteiger partial charge is 0.179 e. The van der Waals surface area contributed by atoms with Gasteiger partial charge in [0.05, 0.1) is 5.52 Å². The van der Waals surface area contributed by atoms with Crippen LogP contribution in [0.25, 0.3) is 16.6 Å². The first-order chi connectivity index (χ1) is 8.15. The number of Topliss-reactive ketones (excluding diaryl/α,β-unsaturated/α-hetero) is 1. The van der Waals surface area contributed by atoms with Gasteiger partial charge in [-0.1, -0.05) is 0 Å². The zero-order chi connectivity index (χ0) is 12.0. The molecule has 0 saturated heterocycles. The Labute approximate surface area is 97.1 Å². The van der Waals surface area contributed by atoms with Crippen molar-refractivity contribution in [3.63, 3.8) is 0 Å². The van der Waals surface area contributed by atoms with E-state index in [-0.39, 0.29) is 11.5 Å². The lowest BCUT2D eigenvalue weighted by atomic mass is 10.2. The molecule has 0 saturated carbocycles. The number of carbonyl (C=O) groups is 1. The SMILES string of the molecule is CC(=O)c1cn2c(ccc3ccc(O)cc32)n1. The largest absolute Gasteiger partial charge is 0.508 e. The molecule has 84 valence electrons. The number of aromatic hydroxyl groups is 1. The molecule has 3 aromatic rings. The van der Waals surface area contributed by atoms with Gasteiger partial charge in [-0.3, -0.25) is 9.20 Å². The van der Waals surface area contributed by atoms with Crippen LogP contribution >= 0.6 is 0 Å². The van der Waals surface area contributed by atoms with Crippen LogP contribution in [0.3, 0.4) is 0 Å². The normalized spacial score (nSPS) is 11.1. The second-order valence-corrected chi connectivity index (χ2v) is 3.99. The van der Waals surface area contributed by atoms with Crippen molar-refractivity contribution in [3.8, 4) is 5.75 Å². The van der Waals surface area contributed by atoms with Crippen LogP contribution in [0.15, 0.2) is 36.5 Å². The number of carbonyl (C=O) groups excluding carboxylic acids is 1. The molecule has 1 aromatic carbocycles. The lowest BCUT2D eigenvalue weighted by Gasteiger charge is -2.01. The maximum Gasteiger partial charge on any atom is 0.179 e. The quantitative estimate of drug-likeness (QED) is 0.648. The fraction of sp³-hybridized carbons (Fsp3) is 0.0769. The van der Waals surface area contributed by atoms with Crippen LogP contribution in [-0.2, 0) is 0 Å². The summed E-state index contributed by atoms with van der Waals surface area (Å²) in [4.78, 5) is 15.5. The molecule has 17 heavy (non-hydrogen) atoms. The molecule has 4 nitrogen and oxygen atoms in total. The van der Waals surface area contributed by atoms with Crippen molar-refractivity contribution in [2.24, 2.45) is 0 Å². The number of hydrogen-bond donors (Lipinski definition) is 1. The topological polar surface area (TPSA) is 54.6 Å². The minimum atomic E-state index is -0.0676. The Bertz CT molecular complexity index is 744. The van der Waals surface area contributed by atoms with Crippen LogP contribution in [0, 0.1) is 0 Å². The maximum atomic E-state index is 11.3. The van der Waals surface area contributed by atoms with E-state index in [1.165, 1.54) is 6.92 Å². The number of phenolic OH excluding ortho intramolecular Hbond substituents is 1. The van der Waals surface area contributed by atoms with E-state index in [0.29, 0.717) is 11.3 Å². The van der Waals surface area contributed by atoms with E-state index in [1.807, 2.05) is 22.6 Å². The van der Waals surface area contributed by atoms with Gasteiger partial charge in [-0.25, -0.2) is 4.98 Å². The molecule has 0 fully saturated rings. The van der Waals surface area contributed by atoms with E-state index in [0.717, 1.165) is 10.9 Å². The molecular formula is C13H10N2O2. The molecular weight excluding hydrogens is 216 g/mol. The Morgan fingerprint density at radius 1 is 1.29 bits per heavy atom. The monoisotopic (exact) mass is 226 g/mol. The van der Waals surface area contributed by atoms with Crippen molar-refractivity contribution >= 4 is 22.3 Å². The minimum Gasteiger partial charge on any atom is -0.508 e. The number of hydrogen-bond acceptors (Lipinski definition) is 3. The number of fused-ring (bicyclic) bond motifs is 3. The van der Waals surface area contributed by atoms with Crippen molar-refractivity contribution < 1.29 is 9.90 Å². The van der Waals surface area contributed by atoms with Gasteiger partial charge in [0.15, 0.2) is 5.78 Å². The number of aromatic nitrogens is 2. The average Bonchev–Trinajstić information content (AvgIpc) is 2.73. The molecule has 2 heterocycles. The molecule has 3 rings (SSSR count). The first-order valence-corrected chi connectivity index (χ1v) is 5.27. The van der Waals surface area contributed by atoms with Crippen LogP contribution in [0.2, 0.25) is 0 Å². The van der Waals surface area contributed by atoms with Crippen molar-refractivity contribution in [1.82, 2.24) is 9.38 Å². The van der Waals surface area contributed by atoms with Crippen LogP contribution in [-0.4, -0.2) is 20.3 Å². The lowest BCUT2D eigenvalue weighted by molar-refractivity contribution is 0.101. The van der Waals surface area contributed by atoms with Crippen LogP contribution < -0.4 is 0 Å². The molecule has 0 aliphatic heterocycles. The number of pyridine rings is 1.